The van der Waals surface area contributed by atoms with Crippen molar-refractivity contribution in [2.45, 2.75) is 26.7 Å². The van der Waals surface area contributed by atoms with Gasteiger partial charge in [0.1, 0.15) is 6.61 Å². The number of benzene rings is 1. The van der Waals surface area contributed by atoms with E-state index in [9.17, 15) is 0 Å². The lowest BCUT2D eigenvalue weighted by atomic mass is 10.0. The molecule has 0 aliphatic heterocycles. The van der Waals surface area contributed by atoms with E-state index in [4.69, 9.17) is 4.84 Å². The summed E-state index contributed by atoms with van der Waals surface area (Å²) in [6.07, 6.45) is 3.83. The summed E-state index contributed by atoms with van der Waals surface area (Å²) in [5.74, 6) is 0.358. The third-order valence-corrected chi connectivity index (χ3v) is 2.42. The Balaban J connectivity index is 2.60. The van der Waals surface area contributed by atoms with Crippen LogP contribution in [-0.2, 0) is 4.84 Å². The van der Waals surface area contributed by atoms with E-state index < -0.39 is 0 Å². The summed E-state index contributed by atoms with van der Waals surface area (Å²) in [6.45, 7) is 8.57. The van der Waals surface area contributed by atoms with E-state index in [0.29, 0.717) is 12.5 Å². The van der Waals surface area contributed by atoms with Crippen LogP contribution in [0.3, 0.4) is 0 Å². The largest absolute Gasteiger partial charge is 0.396 e. The van der Waals surface area contributed by atoms with E-state index in [1.165, 1.54) is 0 Å². The van der Waals surface area contributed by atoms with Gasteiger partial charge in [0.15, 0.2) is 0 Å². The Labute approximate surface area is 104 Å². The molecule has 92 valence electrons. The Kier molecular flexibility index (Phi) is 6.08. The first-order chi connectivity index (χ1) is 8.25. The third-order valence-electron chi connectivity index (χ3n) is 2.42. The Morgan fingerprint density at radius 1 is 1.35 bits per heavy atom. The van der Waals surface area contributed by atoms with Crippen molar-refractivity contribution in [2.24, 2.45) is 11.1 Å². The normalized spacial score (nSPS) is 11.6. The minimum Gasteiger partial charge on any atom is -0.396 e. The molecule has 0 fully saturated rings. The van der Waals surface area contributed by atoms with E-state index in [-0.39, 0.29) is 0 Å². The van der Waals surface area contributed by atoms with Crippen LogP contribution < -0.4 is 0 Å². The number of rotatable bonds is 7. The number of nitrogens with zero attached hydrogens (tertiary/aromatic N) is 1. The van der Waals surface area contributed by atoms with Crippen LogP contribution in [0.25, 0.3) is 0 Å². The lowest BCUT2D eigenvalue weighted by molar-refractivity contribution is 0.141. The standard InChI is InChI=1S/C15H21NO/c1-4-5-9-12-17-16-15(13(2)3)14-10-7-6-8-11-14/h4,6-8,10-11,13H,1,5,9,12H2,2-3H3/b16-15+. The van der Waals surface area contributed by atoms with Crippen molar-refractivity contribution in [3.8, 4) is 0 Å². The van der Waals surface area contributed by atoms with Crippen LogP contribution in [0, 0.1) is 5.92 Å². The summed E-state index contributed by atoms with van der Waals surface area (Å²) in [7, 11) is 0. The molecule has 17 heavy (non-hydrogen) atoms. The van der Waals surface area contributed by atoms with Crippen LogP contribution in [0.2, 0.25) is 0 Å². The second-order valence-corrected chi connectivity index (χ2v) is 4.26. The van der Waals surface area contributed by atoms with Gasteiger partial charge in [-0.25, -0.2) is 0 Å². The van der Waals surface area contributed by atoms with Crippen molar-refractivity contribution >= 4 is 5.71 Å². The summed E-state index contributed by atoms with van der Waals surface area (Å²) in [5.41, 5.74) is 2.13. The molecule has 2 heteroatoms. The minimum atomic E-state index is 0.358. The second kappa shape index (κ2) is 7.66. The highest BCUT2D eigenvalue weighted by molar-refractivity contribution is 6.01. The van der Waals surface area contributed by atoms with Gasteiger partial charge in [-0.2, -0.15) is 0 Å². The van der Waals surface area contributed by atoms with Crippen LogP contribution in [-0.4, -0.2) is 12.3 Å². The molecule has 1 rings (SSSR count). The number of unbranched alkanes of at least 4 members (excludes halogenated alkanes) is 1. The highest BCUT2D eigenvalue weighted by Crippen LogP contribution is 2.10. The van der Waals surface area contributed by atoms with Crippen molar-refractivity contribution < 1.29 is 4.84 Å². The Morgan fingerprint density at radius 2 is 2.06 bits per heavy atom. The molecule has 0 spiro atoms. The predicted octanol–water partition coefficient (Wildman–Crippen LogP) is 4.03. The molecule has 0 aliphatic rings. The summed E-state index contributed by atoms with van der Waals surface area (Å²) >= 11 is 0. The summed E-state index contributed by atoms with van der Waals surface area (Å²) in [4.78, 5) is 5.35. The molecular weight excluding hydrogens is 210 g/mol. The van der Waals surface area contributed by atoms with Gasteiger partial charge in [0.05, 0.1) is 5.71 Å². The second-order valence-electron chi connectivity index (χ2n) is 4.26. The molecule has 0 aliphatic carbocycles. The number of allylic oxidation sites excluding steroid dienone is 1. The van der Waals surface area contributed by atoms with Crippen LogP contribution >= 0.6 is 0 Å². The Morgan fingerprint density at radius 3 is 2.65 bits per heavy atom. The van der Waals surface area contributed by atoms with Crippen LogP contribution in [0.5, 0.6) is 0 Å². The van der Waals surface area contributed by atoms with Gasteiger partial charge in [-0.15, -0.1) is 6.58 Å². The first-order valence-corrected chi connectivity index (χ1v) is 6.12. The predicted molar refractivity (Wildman–Crippen MR) is 73.2 cm³/mol. The highest BCUT2D eigenvalue weighted by Gasteiger charge is 2.08. The van der Waals surface area contributed by atoms with Gasteiger partial charge in [-0.1, -0.05) is 55.4 Å². The molecule has 0 saturated heterocycles. The maximum absolute atomic E-state index is 5.35. The Hall–Kier alpha value is -1.57. The van der Waals surface area contributed by atoms with Gasteiger partial charge in [0.2, 0.25) is 0 Å². The maximum atomic E-state index is 5.35. The van der Waals surface area contributed by atoms with Crippen molar-refractivity contribution in [2.75, 3.05) is 6.61 Å². The van der Waals surface area contributed by atoms with Crippen molar-refractivity contribution in [3.63, 3.8) is 0 Å². The summed E-state index contributed by atoms with van der Waals surface area (Å²) in [6, 6.07) is 10.2. The molecule has 0 amide bonds. The highest BCUT2D eigenvalue weighted by atomic mass is 16.6. The molecule has 0 atom stereocenters. The number of hydrogen-bond donors (Lipinski definition) is 0. The first-order valence-electron chi connectivity index (χ1n) is 6.12. The van der Waals surface area contributed by atoms with E-state index in [1.54, 1.807) is 0 Å². The summed E-state index contributed by atoms with van der Waals surface area (Å²) in [5, 5.41) is 4.25. The average Bonchev–Trinajstić information content (AvgIpc) is 2.34. The zero-order valence-corrected chi connectivity index (χ0v) is 10.7. The fourth-order valence-corrected chi connectivity index (χ4v) is 1.51. The lowest BCUT2D eigenvalue weighted by Crippen LogP contribution is -2.10. The van der Waals surface area contributed by atoms with E-state index in [0.717, 1.165) is 24.1 Å². The van der Waals surface area contributed by atoms with Crippen LogP contribution in [0.4, 0.5) is 0 Å². The van der Waals surface area contributed by atoms with E-state index >= 15 is 0 Å². The molecule has 1 aromatic carbocycles. The van der Waals surface area contributed by atoms with Gasteiger partial charge in [0.25, 0.3) is 0 Å². The zero-order chi connectivity index (χ0) is 12.5. The van der Waals surface area contributed by atoms with Crippen molar-refractivity contribution in [1.29, 1.82) is 0 Å². The zero-order valence-electron chi connectivity index (χ0n) is 10.7. The molecule has 0 radical (unpaired) electrons. The van der Waals surface area contributed by atoms with Gasteiger partial charge in [0, 0.05) is 0 Å². The van der Waals surface area contributed by atoms with Gasteiger partial charge in [-0.05, 0) is 24.3 Å². The monoisotopic (exact) mass is 231 g/mol. The molecule has 0 aromatic heterocycles. The van der Waals surface area contributed by atoms with Crippen molar-refractivity contribution in [1.82, 2.24) is 0 Å². The van der Waals surface area contributed by atoms with Gasteiger partial charge >= 0.3 is 0 Å². The van der Waals surface area contributed by atoms with E-state index in [1.807, 2.05) is 24.3 Å². The molecule has 0 bridgehead atoms. The smallest absolute Gasteiger partial charge is 0.117 e. The van der Waals surface area contributed by atoms with Crippen LogP contribution in [0.15, 0.2) is 48.1 Å². The molecule has 2 nitrogen and oxygen atoms in total. The Bertz CT molecular complexity index is 354. The van der Waals surface area contributed by atoms with Gasteiger partial charge in [-0.3, -0.25) is 0 Å². The topological polar surface area (TPSA) is 21.6 Å². The van der Waals surface area contributed by atoms with Crippen LogP contribution in [0.1, 0.15) is 32.3 Å². The molecular formula is C15H21NO. The van der Waals surface area contributed by atoms with E-state index in [2.05, 4.69) is 37.7 Å². The minimum absolute atomic E-state index is 0.358. The lowest BCUT2D eigenvalue weighted by Gasteiger charge is -2.09. The summed E-state index contributed by atoms with van der Waals surface area (Å²) < 4.78 is 0. The molecule has 0 heterocycles. The quantitative estimate of drug-likeness (QED) is 0.300. The number of hydrogen-bond acceptors (Lipinski definition) is 2. The average molecular weight is 231 g/mol. The third kappa shape index (κ3) is 4.85. The molecule has 1 aromatic rings. The molecule has 0 saturated carbocycles. The van der Waals surface area contributed by atoms with Gasteiger partial charge < -0.3 is 4.84 Å². The molecule has 0 N–H and O–H groups in total. The maximum Gasteiger partial charge on any atom is 0.117 e. The number of oxime groups is 1. The van der Waals surface area contributed by atoms with Crippen molar-refractivity contribution in [3.05, 3.63) is 48.6 Å². The fourth-order valence-electron chi connectivity index (χ4n) is 1.51. The SMILES string of the molecule is C=CCCCO/N=C(/c1ccccc1)C(C)C. The fraction of sp³-hybridized carbons (Fsp3) is 0.400. The first kappa shape index (κ1) is 13.5. The molecule has 0 unspecified atom stereocenters.